The molecule has 0 amide bonds. The number of rotatable bonds is 18. The Bertz CT molecular complexity index is 599. The van der Waals surface area contributed by atoms with E-state index in [9.17, 15) is 35.1 Å². The van der Waals surface area contributed by atoms with Crippen molar-refractivity contribution in [2.24, 2.45) is 5.92 Å². The maximum atomic E-state index is 13.0. The molecule has 1 fully saturated rings. The number of hydrogen-bond acceptors (Lipinski definition) is 9. The molecule has 35 heavy (non-hydrogen) atoms. The van der Waals surface area contributed by atoms with Gasteiger partial charge in [0, 0.05) is 6.42 Å². The number of carbonyl (C=O) groups excluding carboxylic acids is 2. The Hall–Kier alpha value is -1.10. The van der Waals surface area contributed by atoms with E-state index in [1.54, 1.807) is 0 Å². The van der Waals surface area contributed by atoms with Crippen molar-refractivity contribution >= 4 is 11.8 Å². The zero-order valence-electron chi connectivity index (χ0n) is 21.7. The molecule has 8 atom stereocenters. The minimum atomic E-state index is -1.71. The van der Waals surface area contributed by atoms with Gasteiger partial charge in [-0.05, 0) is 19.8 Å². The maximum absolute atomic E-state index is 13.0. The summed E-state index contributed by atoms with van der Waals surface area (Å²) in [5.41, 5.74) is 0. The van der Waals surface area contributed by atoms with E-state index >= 15 is 0 Å². The highest BCUT2D eigenvalue weighted by atomic mass is 16.7. The molecule has 0 saturated carbocycles. The van der Waals surface area contributed by atoms with Gasteiger partial charge in [0.25, 0.3) is 0 Å². The quantitative estimate of drug-likeness (QED) is 0.107. The van der Waals surface area contributed by atoms with E-state index in [2.05, 4.69) is 13.8 Å². The van der Waals surface area contributed by atoms with Gasteiger partial charge in [-0.25, -0.2) is 0 Å². The van der Waals surface area contributed by atoms with E-state index in [1.807, 2.05) is 0 Å². The first-order valence-corrected chi connectivity index (χ1v) is 13.4. The molecule has 0 bridgehead atoms. The molecule has 0 aliphatic carbocycles. The number of aliphatic hydroxyl groups excluding tert-OH is 5. The predicted octanol–water partition coefficient (Wildman–Crippen LogP) is 2.38. The lowest BCUT2D eigenvalue weighted by molar-refractivity contribution is -0.286. The van der Waals surface area contributed by atoms with Crippen LogP contribution in [0.2, 0.25) is 0 Å². The van der Waals surface area contributed by atoms with Gasteiger partial charge in [-0.15, -0.1) is 0 Å². The first kappa shape index (κ1) is 31.9. The summed E-state index contributed by atoms with van der Waals surface area (Å²) >= 11 is 0. The highest BCUT2D eigenvalue weighted by Crippen LogP contribution is 2.25. The number of esters is 1. The maximum Gasteiger partial charge on any atom is 0.321 e. The van der Waals surface area contributed by atoms with E-state index in [0.717, 1.165) is 57.8 Å². The molecular weight excluding hydrogens is 456 g/mol. The standard InChI is InChI=1S/C26H48O9/c1-4-6-8-10-12-14-18(27)16-20(29)21(19(28)15-13-11-9-7-5-2)25(33)35-26-24(32)23(31)22(30)17(3)34-26/h17-19,21-24,26-28,30-32H,4-16H2,1-3H3/t17-,18?,19?,21?,22-,23+,24+,26?/m0/s1. The molecule has 5 N–H and O–H groups in total. The predicted molar refractivity (Wildman–Crippen MR) is 130 cm³/mol. The molecule has 1 rings (SSSR count). The zero-order chi connectivity index (χ0) is 26.4. The highest BCUT2D eigenvalue weighted by Gasteiger charge is 2.45. The van der Waals surface area contributed by atoms with Crippen molar-refractivity contribution in [3.63, 3.8) is 0 Å². The summed E-state index contributed by atoms with van der Waals surface area (Å²) in [5, 5.41) is 51.1. The normalized spacial score (nSPS) is 27.3. The molecular formula is C26H48O9. The molecule has 206 valence electrons. The van der Waals surface area contributed by atoms with Gasteiger partial charge < -0.3 is 35.0 Å². The summed E-state index contributed by atoms with van der Waals surface area (Å²) in [4.78, 5) is 26.0. The Morgan fingerprint density at radius 1 is 0.800 bits per heavy atom. The van der Waals surface area contributed by atoms with Gasteiger partial charge in [0.1, 0.15) is 24.2 Å². The lowest BCUT2D eigenvalue weighted by Gasteiger charge is -2.39. The fourth-order valence-corrected chi connectivity index (χ4v) is 4.37. The second-order valence-corrected chi connectivity index (χ2v) is 9.89. The van der Waals surface area contributed by atoms with Crippen molar-refractivity contribution in [1.82, 2.24) is 0 Å². The van der Waals surface area contributed by atoms with Crippen LogP contribution in [0.25, 0.3) is 0 Å². The fourth-order valence-electron chi connectivity index (χ4n) is 4.37. The molecule has 0 radical (unpaired) electrons. The molecule has 1 aliphatic heterocycles. The summed E-state index contributed by atoms with van der Waals surface area (Å²) in [7, 11) is 0. The Morgan fingerprint density at radius 2 is 1.34 bits per heavy atom. The van der Waals surface area contributed by atoms with Crippen LogP contribution in [0.3, 0.4) is 0 Å². The number of ketones is 1. The molecule has 4 unspecified atom stereocenters. The second kappa shape index (κ2) is 17.4. The molecule has 0 spiro atoms. The summed E-state index contributed by atoms with van der Waals surface area (Å²) < 4.78 is 10.5. The topological polar surface area (TPSA) is 154 Å². The van der Waals surface area contributed by atoms with E-state index < -0.39 is 60.6 Å². The fraction of sp³-hybridized carbons (Fsp3) is 0.923. The molecule has 1 aliphatic rings. The van der Waals surface area contributed by atoms with E-state index in [0.29, 0.717) is 12.8 Å². The third kappa shape index (κ3) is 11.2. The highest BCUT2D eigenvalue weighted by molar-refractivity contribution is 5.99. The van der Waals surface area contributed by atoms with Gasteiger partial charge >= 0.3 is 5.97 Å². The molecule has 0 aromatic heterocycles. The Labute approximate surface area is 209 Å². The first-order valence-electron chi connectivity index (χ1n) is 13.4. The molecule has 0 aromatic rings. The summed E-state index contributed by atoms with van der Waals surface area (Å²) in [6, 6.07) is 0. The summed E-state index contributed by atoms with van der Waals surface area (Å²) in [5.74, 6) is -3.24. The molecule has 9 nitrogen and oxygen atoms in total. The van der Waals surface area contributed by atoms with Crippen LogP contribution < -0.4 is 0 Å². The van der Waals surface area contributed by atoms with Crippen molar-refractivity contribution in [1.29, 1.82) is 0 Å². The van der Waals surface area contributed by atoms with Crippen molar-refractivity contribution < 1.29 is 44.6 Å². The van der Waals surface area contributed by atoms with E-state index in [1.165, 1.54) is 6.92 Å². The van der Waals surface area contributed by atoms with Gasteiger partial charge in [0.15, 0.2) is 5.78 Å². The lowest BCUT2D eigenvalue weighted by atomic mass is 9.89. The van der Waals surface area contributed by atoms with Gasteiger partial charge in [-0.2, -0.15) is 0 Å². The average molecular weight is 505 g/mol. The third-order valence-corrected chi connectivity index (χ3v) is 6.71. The monoisotopic (exact) mass is 504 g/mol. The van der Waals surface area contributed by atoms with Crippen LogP contribution >= 0.6 is 0 Å². The third-order valence-electron chi connectivity index (χ3n) is 6.71. The number of unbranched alkanes of at least 4 members (excludes halogenated alkanes) is 8. The summed E-state index contributed by atoms with van der Waals surface area (Å²) in [6.45, 7) is 5.65. The first-order chi connectivity index (χ1) is 16.6. The van der Waals surface area contributed by atoms with Crippen LogP contribution in [-0.2, 0) is 19.1 Å². The lowest BCUT2D eigenvalue weighted by Crippen LogP contribution is -2.58. The van der Waals surface area contributed by atoms with Crippen LogP contribution in [0, 0.1) is 5.92 Å². The number of aliphatic hydroxyl groups is 5. The van der Waals surface area contributed by atoms with Gasteiger partial charge in [0.2, 0.25) is 6.29 Å². The van der Waals surface area contributed by atoms with Gasteiger partial charge in [-0.1, -0.05) is 78.1 Å². The Balaban J connectivity index is 2.79. The van der Waals surface area contributed by atoms with Gasteiger partial charge in [-0.3, -0.25) is 9.59 Å². The molecule has 0 aromatic carbocycles. The minimum absolute atomic E-state index is 0.216. The smallest absolute Gasteiger partial charge is 0.321 e. The number of Topliss-reactive ketones (excluding diaryl/α,β-unsaturated/α-hetero) is 1. The van der Waals surface area contributed by atoms with E-state index in [4.69, 9.17) is 9.47 Å². The number of hydrogen-bond donors (Lipinski definition) is 5. The average Bonchev–Trinajstić information content (AvgIpc) is 2.81. The Kier molecular flexibility index (Phi) is 15.8. The van der Waals surface area contributed by atoms with Crippen LogP contribution in [-0.4, -0.2) is 80.2 Å². The number of carbonyl (C=O) groups is 2. The summed E-state index contributed by atoms with van der Waals surface area (Å²) in [6.07, 6.45) is 0.560. The van der Waals surface area contributed by atoms with Crippen LogP contribution in [0.5, 0.6) is 0 Å². The largest absolute Gasteiger partial charge is 0.432 e. The molecule has 1 heterocycles. The van der Waals surface area contributed by atoms with Crippen molar-refractivity contribution in [3.8, 4) is 0 Å². The van der Waals surface area contributed by atoms with Crippen molar-refractivity contribution in [3.05, 3.63) is 0 Å². The van der Waals surface area contributed by atoms with Gasteiger partial charge in [0.05, 0.1) is 18.3 Å². The molecule has 9 heteroatoms. The molecule has 1 saturated heterocycles. The SMILES string of the molecule is CCCCCCCC(O)CC(=O)C(C(=O)OC1O[C@@H](C)[C@H](O)[C@@H](O)[C@H]1O)C(O)CCCCCCC. The zero-order valence-corrected chi connectivity index (χ0v) is 21.7. The van der Waals surface area contributed by atoms with Crippen molar-refractivity contribution in [2.45, 2.75) is 147 Å². The number of ether oxygens (including phenoxy) is 2. The Morgan fingerprint density at radius 3 is 1.91 bits per heavy atom. The van der Waals surface area contributed by atoms with Crippen LogP contribution in [0.1, 0.15) is 104 Å². The van der Waals surface area contributed by atoms with Crippen LogP contribution in [0.4, 0.5) is 0 Å². The van der Waals surface area contributed by atoms with Crippen molar-refractivity contribution in [2.75, 3.05) is 0 Å². The second-order valence-electron chi connectivity index (χ2n) is 9.89. The van der Waals surface area contributed by atoms with E-state index in [-0.39, 0.29) is 12.8 Å². The van der Waals surface area contributed by atoms with Crippen LogP contribution in [0.15, 0.2) is 0 Å². The minimum Gasteiger partial charge on any atom is -0.432 e.